The Balaban J connectivity index is 1.98. The summed E-state index contributed by atoms with van der Waals surface area (Å²) in [6, 6.07) is 0. The zero-order valence-electron chi connectivity index (χ0n) is 4.68. The monoisotopic (exact) mass is 118 g/mol. The molecule has 1 fully saturated rings. The molecule has 2 unspecified atom stereocenters. The second-order valence-electron chi connectivity index (χ2n) is 1.83. The predicted molar refractivity (Wildman–Crippen MR) is 32.7 cm³/mol. The van der Waals surface area contributed by atoms with Crippen molar-refractivity contribution in [3.05, 3.63) is 0 Å². The molecule has 0 bridgehead atoms. The fourth-order valence-corrected chi connectivity index (χ4v) is 1.32. The topological polar surface area (TPSA) is 9.23 Å². The first-order chi connectivity index (χ1) is 3.34. The molecular formula is C5H10OS. The van der Waals surface area contributed by atoms with E-state index in [4.69, 9.17) is 4.74 Å². The van der Waals surface area contributed by atoms with Gasteiger partial charge >= 0.3 is 0 Å². The number of ether oxygens (including phenoxy) is 1. The van der Waals surface area contributed by atoms with E-state index in [1.807, 2.05) is 11.8 Å². The molecule has 2 heteroatoms. The van der Waals surface area contributed by atoms with Crippen LogP contribution in [0, 0.1) is 0 Å². The molecule has 0 aromatic heterocycles. The number of hydrogen-bond acceptors (Lipinski definition) is 2. The minimum Gasteiger partial charge on any atom is -0.383 e. The van der Waals surface area contributed by atoms with Gasteiger partial charge in [-0.25, -0.2) is 0 Å². The fourth-order valence-electron chi connectivity index (χ4n) is 0.569. The third-order valence-corrected chi connectivity index (χ3v) is 2.50. The number of methoxy groups -OCH3 is 1. The molecule has 42 valence electrons. The van der Waals surface area contributed by atoms with Crippen LogP contribution >= 0.6 is 11.8 Å². The second-order valence-corrected chi connectivity index (χ2v) is 3.46. The van der Waals surface area contributed by atoms with Crippen LogP contribution in [0.5, 0.6) is 0 Å². The second kappa shape index (κ2) is 2.05. The van der Waals surface area contributed by atoms with Crippen LogP contribution in [-0.4, -0.2) is 24.2 Å². The van der Waals surface area contributed by atoms with Crippen LogP contribution in [0.4, 0.5) is 0 Å². The Bertz CT molecular complexity index is 65.1. The summed E-state index contributed by atoms with van der Waals surface area (Å²) in [7, 11) is 1.76. The van der Waals surface area contributed by atoms with Crippen LogP contribution < -0.4 is 0 Å². The van der Waals surface area contributed by atoms with Crippen molar-refractivity contribution in [1.29, 1.82) is 0 Å². The lowest BCUT2D eigenvalue weighted by Gasteiger charge is -1.88. The maximum Gasteiger partial charge on any atom is 0.0591 e. The van der Waals surface area contributed by atoms with Gasteiger partial charge < -0.3 is 4.74 Å². The molecule has 0 aromatic rings. The van der Waals surface area contributed by atoms with E-state index in [0.29, 0.717) is 0 Å². The van der Waals surface area contributed by atoms with Gasteiger partial charge in [-0.2, -0.15) is 11.8 Å². The van der Waals surface area contributed by atoms with Crippen LogP contribution in [0.1, 0.15) is 6.92 Å². The smallest absolute Gasteiger partial charge is 0.0591 e. The first-order valence-corrected chi connectivity index (χ1v) is 3.43. The lowest BCUT2D eigenvalue weighted by Crippen LogP contribution is -1.98. The lowest BCUT2D eigenvalue weighted by molar-refractivity contribution is 0.205. The molecule has 1 aliphatic rings. The molecule has 1 saturated heterocycles. The fraction of sp³-hybridized carbons (Fsp3) is 1.00. The zero-order valence-corrected chi connectivity index (χ0v) is 5.49. The van der Waals surface area contributed by atoms with Crippen LogP contribution in [0.2, 0.25) is 0 Å². The van der Waals surface area contributed by atoms with E-state index in [9.17, 15) is 0 Å². The molecule has 0 N–H and O–H groups in total. The summed E-state index contributed by atoms with van der Waals surface area (Å²) in [6.07, 6.45) is 0. The van der Waals surface area contributed by atoms with E-state index in [2.05, 4.69) is 6.92 Å². The van der Waals surface area contributed by atoms with Crippen molar-refractivity contribution in [2.24, 2.45) is 0 Å². The van der Waals surface area contributed by atoms with Crippen LogP contribution in [0.3, 0.4) is 0 Å². The maximum atomic E-state index is 4.92. The van der Waals surface area contributed by atoms with Gasteiger partial charge in [-0.3, -0.25) is 0 Å². The Morgan fingerprint density at radius 3 is 2.43 bits per heavy atom. The summed E-state index contributed by atoms with van der Waals surface area (Å²) in [5, 5.41) is 1.67. The van der Waals surface area contributed by atoms with Gasteiger partial charge in [0, 0.05) is 17.6 Å². The zero-order chi connectivity index (χ0) is 5.28. The molecule has 1 heterocycles. The van der Waals surface area contributed by atoms with Gasteiger partial charge in [-0.15, -0.1) is 0 Å². The molecule has 7 heavy (non-hydrogen) atoms. The first-order valence-electron chi connectivity index (χ1n) is 2.49. The van der Waals surface area contributed by atoms with E-state index in [0.717, 1.165) is 17.1 Å². The van der Waals surface area contributed by atoms with E-state index >= 15 is 0 Å². The Morgan fingerprint density at radius 1 is 1.71 bits per heavy atom. The SMILES string of the molecule is COCC1SC1C. The Labute approximate surface area is 48.4 Å². The van der Waals surface area contributed by atoms with E-state index in [1.165, 1.54) is 0 Å². The van der Waals surface area contributed by atoms with Crippen LogP contribution in [0.15, 0.2) is 0 Å². The third kappa shape index (κ3) is 1.35. The highest BCUT2D eigenvalue weighted by Gasteiger charge is 2.33. The first kappa shape index (κ1) is 5.45. The molecule has 0 amide bonds. The molecule has 0 aliphatic carbocycles. The normalized spacial score (nSPS) is 38.6. The van der Waals surface area contributed by atoms with Crippen molar-refractivity contribution in [1.82, 2.24) is 0 Å². The molecule has 1 rings (SSSR count). The van der Waals surface area contributed by atoms with Crippen LogP contribution in [-0.2, 0) is 4.74 Å². The highest BCUT2D eigenvalue weighted by Crippen LogP contribution is 2.40. The molecular weight excluding hydrogens is 108 g/mol. The summed E-state index contributed by atoms with van der Waals surface area (Å²) >= 11 is 1.99. The number of hydrogen-bond donors (Lipinski definition) is 0. The Hall–Kier alpha value is 0.310. The Kier molecular flexibility index (Phi) is 1.60. The Morgan fingerprint density at radius 2 is 2.29 bits per heavy atom. The molecule has 0 spiro atoms. The average molecular weight is 118 g/mol. The van der Waals surface area contributed by atoms with Gasteiger partial charge in [0.15, 0.2) is 0 Å². The standard InChI is InChI=1S/C5H10OS/c1-4-5(7-4)3-6-2/h4-5H,3H2,1-2H3. The number of thioether (sulfide) groups is 1. The van der Waals surface area contributed by atoms with Gasteiger partial charge in [0.05, 0.1) is 6.61 Å². The molecule has 1 nitrogen and oxygen atoms in total. The summed E-state index contributed by atoms with van der Waals surface area (Å²) in [5.41, 5.74) is 0. The molecule has 0 saturated carbocycles. The summed E-state index contributed by atoms with van der Waals surface area (Å²) in [4.78, 5) is 0. The van der Waals surface area contributed by atoms with Crippen molar-refractivity contribution in [3.8, 4) is 0 Å². The van der Waals surface area contributed by atoms with Crippen molar-refractivity contribution < 1.29 is 4.74 Å². The van der Waals surface area contributed by atoms with Crippen molar-refractivity contribution in [2.75, 3.05) is 13.7 Å². The van der Waals surface area contributed by atoms with Gasteiger partial charge in [-0.1, -0.05) is 6.92 Å². The third-order valence-electron chi connectivity index (χ3n) is 1.17. The quantitative estimate of drug-likeness (QED) is 0.503. The molecule has 2 atom stereocenters. The summed E-state index contributed by atoms with van der Waals surface area (Å²) in [5.74, 6) is 0. The molecule has 0 radical (unpaired) electrons. The van der Waals surface area contributed by atoms with E-state index < -0.39 is 0 Å². The number of rotatable bonds is 2. The lowest BCUT2D eigenvalue weighted by atomic mass is 10.4. The maximum absolute atomic E-state index is 4.92. The highest BCUT2D eigenvalue weighted by atomic mass is 32.2. The summed E-state index contributed by atoms with van der Waals surface area (Å²) < 4.78 is 4.92. The minimum atomic E-state index is 0.810. The van der Waals surface area contributed by atoms with Crippen molar-refractivity contribution >= 4 is 11.8 Å². The summed E-state index contributed by atoms with van der Waals surface area (Å²) in [6.45, 7) is 3.17. The van der Waals surface area contributed by atoms with Gasteiger partial charge in [0.2, 0.25) is 0 Å². The van der Waals surface area contributed by atoms with E-state index in [1.54, 1.807) is 7.11 Å². The van der Waals surface area contributed by atoms with Gasteiger partial charge in [0.1, 0.15) is 0 Å². The van der Waals surface area contributed by atoms with Crippen molar-refractivity contribution in [3.63, 3.8) is 0 Å². The highest BCUT2D eigenvalue weighted by molar-refractivity contribution is 8.07. The van der Waals surface area contributed by atoms with Crippen LogP contribution in [0.25, 0.3) is 0 Å². The van der Waals surface area contributed by atoms with Crippen molar-refractivity contribution in [2.45, 2.75) is 17.4 Å². The minimum absolute atomic E-state index is 0.810. The largest absolute Gasteiger partial charge is 0.383 e. The molecule has 0 aromatic carbocycles. The average Bonchev–Trinajstić information content (AvgIpc) is 2.22. The molecule has 1 aliphatic heterocycles. The predicted octanol–water partition coefficient (Wildman–Crippen LogP) is 1.14. The van der Waals surface area contributed by atoms with E-state index in [-0.39, 0.29) is 0 Å². The van der Waals surface area contributed by atoms with Gasteiger partial charge in [-0.05, 0) is 0 Å². The van der Waals surface area contributed by atoms with Gasteiger partial charge in [0.25, 0.3) is 0 Å².